The predicted octanol–water partition coefficient (Wildman–Crippen LogP) is 16.7. The van der Waals surface area contributed by atoms with Crippen LogP contribution in [0.2, 0.25) is 0 Å². The molecule has 0 bridgehead atoms. The van der Waals surface area contributed by atoms with Crippen molar-refractivity contribution in [1.82, 2.24) is 0 Å². The van der Waals surface area contributed by atoms with Crippen molar-refractivity contribution in [3.8, 4) is 0 Å². The molecule has 0 aromatic carbocycles. The number of allylic oxidation sites excluding steroid dienone is 27. The van der Waals surface area contributed by atoms with E-state index in [1.165, 1.54) is 0 Å². The third-order valence-corrected chi connectivity index (χ3v) is 11.6. The quantitative estimate of drug-likeness (QED) is 0.0197. The standard InChI is InChI=1S/C64H97O11P/c1-4-7-10-13-16-19-22-25-28-30-33-35-38-41-44-47-50-53-62(66)71-57-61(75-64(68)55-52-49-46-43-40-37-34-31-29-26-23-20-17-14-11-8-5-2)59-73-76(69,70)72-58-60(56-65)74-63(67)54-51-48-45-42-39-36-32-27-24-21-18-15-12-9-6-3/h7-12,16-21,25-29,32-35,37,39,41-42,44,48,51,60-61,65H,4-6,13-15,22-24,30-31,36,38,40,43,45-47,49-50,52-59H2,1-3H3,(H,69,70)/b10-7-,11-8-,12-9-,19-16-,20-17-,21-18-,28-25-,29-26-,32-27-,35-33-,37-34-,42-39-,44-41-,51-48-. The second-order valence-corrected chi connectivity index (χ2v) is 19.1. The first-order chi connectivity index (χ1) is 37.2. The molecule has 424 valence electrons. The molecule has 0 spiro atoms. The predicted molar refractivity (Wildman–Crippen MR) is 315 cm³/mol. The number of hydrogen-bond donors (Lipinski definition) is 2. The van der Waals surface area contributed by atoms with Crippen molar-refractivity contribution in [3.05, 3.63) is 170 Å². The lowest BCUT2D eigenvalue weighted by Crippen LogP contribution is -2.30. The Hall–Kier alpha value is -5.16. The highest BCUT2D eigenvalue weighted by molar-refractivity contribution is 7.47. The fourth-order valence-electron chi connectivity index (χ4n) is 6.51. The Morgan fingerprint density at radius 1 is 0.382 bits per heavy atom. The smallest absolute Gasteiger partial charge is 0.462 e. The molecule has 0 saturated heterocycles. The zero-order chi connectivity index (χ0) is 55.5. The zero-order valence-corrected chi connectivity index (χ0v) is 47.5. The number of esters is 3. The van der Waals surface area contributed by atoms with Gasteiger partial charge in [-0.1, -0.05) is 204 Å². The number of ether oxygens (including phenoxy) is 3. The van der Waals surface area contributed by atoms with E-state index in [0.717, 1.165) is 109 Å². The average Bonchev–Trinajstić information content (AvgIpc) is 3.41. The van der Waals surface area contributed by atoms with Gasteiger partial charge in [0.1, 0.15) is 12.7 Å². The highest BCUT2D eigenvalue weighted by Crippen LogP contribution is 2.43. The van der Waals surface area contributed by atoms with Crippen LogP contribution in [0.15, 0.2) is 170 Å². The maximum atomic E-state index is 12.9. The maximum absolute atomic E-state index is 12.9. The Kier molecular flexibility index (Phi) is 52.2. The van der Waals surface area contributed by atoms with Gasteiger partial charge in [-0.2, -0.15) is 0 Å². The number of carbonyl (C=O) groups excluding carboxylic acids is 3. The molecule has 2 N–H and O–H groups in total. The number of rotatable bonds is 49. The van der Waals surface area contributed by atoms with Gasteiger partial charge in [0.25, 0.3) is 0 Å². The first-order valence-electron chi connectivity index (χ1n) is 28.0. The van der Waals surface area contributed by atoms with E-state index in [0.29, 0.717) is 25.7 Å². The van der Waals surface area contributed by atoms with Crippen LogP contribution in [0.25, 0.3) is 0 Å². The van der Waals surface area contributed by atoms with Crippen LogP contribution >= 0.6 is 7.82 Å². The number of unbranched alkanes of at least 4 members (excludes halogenated alkanes) is 5. The molecular weight excluding hydrogens is 976 g/mol. The third-order valence-electron chi connectivity index (χ3n) is 10.6. The van der Waals surface area contributed by atoms with Crippen LogP contribution < -0.4 is 0 Å². The summed E-state index contributed by atoms with van der Waals surface area (Å²) in [5, 5.41) is 9.79. The second-order valence-electron chi connectivity index (χ2n) is 17.6. The summed E-state index contributed by atoms with van der Waals surface area (Å²) in [7, 11) is -4.81. The number of carbonyl (C=O) groups is 3. The Morgan fingerprint density at radius 2 is 0.711 bits per heavy atom. The van der Waals surface area contributed by atoms with E-state index in [4.69, 9.17) is 23.3 Å². The minimum atomic E-state index is -4.81. The van der Waals surface area contributed by atoms with E-state index in [9.17, 15) is 28.9 Å². The maximum Gasteiger partial charge on any atom is 0.472 e. The van der Waals surface area contributed by atoms with Crippen LogP contribution in [0.5, 0.6) is 0 Å². The normalized spacial score (nSPS) is 14.6. The molecule has 0 fully saturated rings. The van der Waals surface area contributed by atoms with Gasteiger partial charge in [0.15, 0.2) is 6.10 Å². The van der Waals surface area contributed by atoms with E-state index in [2.05, 4.69) is 154 Å². The van der Waals surface area contributed by atoms with Gasteiger partial charge in [-0.15, -0.1) is 0 Å². The average molecular weight is 1070 g/mol. The molecule has 0 amide bonds. The van der Waals surface area contributed by atoms with Gasteiger partial charge in [0.2, 0.25) is 0 Å². The SMILES string of the molecule is CC/C=C\C/C=C\C/C=C\C/C=C\C/C=C\CCCC(=O)OCC(COP(=O)(O)OCC(CO)OC(=O)C/C=C\C/C=C\C/C=C\C/C=C\C/C=C\CC)OC(=O)CCCCCC/C=C\C/C=C\C/C=C\C/C=C\CC. The summed E-state index contributed by atoms with van der Waals surface area (Å²) in [6.07, 6.45) is 74.9. The fourth-order valence-corrected chi connectivity index (χ4v) is 7.30. The summed E-state index contributed by atoms with van der Waals surface area (Å²) < 4.78 is 39.3. The van der Waals surface area contributed by atoms with Gasteiger partial charge in [-0.05, 0) is 122 Å². The summed E-state index contributed by atoms with van der Waals surface area (Å²) in [6.45, 7) is 4.06. The second kappa shape index (κ2) is 56.1. The molecule has 0 aromatic rings. The van der Waals surface area contributed by atoms with E-state index < -0.39 is 64.4 Å². The molecule has 0 heterocycles. The van der Waals surface area contributed by atoms with E-state index >= 15 is 0 Å². The molecule has 76 heavy (non-hydrogen) atoms. The number of aliphatic hydroxyl groups is 1. The minimum Gasteiger partial charge on any atom is -0.462 e. The fraction of sp³-hybridized carbons (Fsp3) is 0.516. The van der Waals surface area contributed by atoms with Crippen molar-refractivity contribution < 1.29 is 52.2 Å². The largest absolute Gasteiger partial charge is 0.472 e. The van der Waals surface area contributed by atoms with Crippen LogP contribution in [0.1, 0.15) is 175 Å². The third kappa shape index (κ3) is 53.7. The van der Waals surface area contributed by atoms with Gasteiger partial charge >= 0.3 is 25.7 Å². The molecule has 0 aromatic heterocycles. The van der Waals surface area contributed by atoms with Crippen molar-refractivity contribution in [3.63, 3.8) is 0 Å². The highest BCUT2D eigenvalue weighted by atomic mass is 31.2. The van der Waals surface area contributed by atoms with Crippen molar-refractivity contribution in [2.45, 2.75) is 187 Å². The number of phosphoric ester groups is 1. The van der Waals surface area contributed by atoms with Crippen molar-refractivity contribution in [1.29, 1.82) is 0 Å². The van der Waals surface area contributed by atoms with Gasteiger partial charge in [-0.3, -0.25) is 23.4 Å². The van der Waals surface area contributed by atoms with Gasteiger partial charge < -0.3 is 24.2 Å². The molecule has 0 aliphatic rings. The minimum absolute atomic E-state index is 0.0709. The van der Waals surface area contributed by atoms with Gasteiger partial charge in [-0.25, -0.2) is 4.57 Å². The summed E-state index contributed by atoms with van der Waals surface area (Å²) >= 11 is 0. The molecule has 12 heteroatoms. The molecule has 3 unspecified atom stereocenters. The molecule has 0 aliphatic carbocycles. The van der Waals surface area contributed by atoms with Crippen LogP contribution in [-0.2, 0) is 42.2 Å². The lowest BCUT2D eigenvalue weighted by Gasteiger charge is -2.21. The topological polar surface area (TPSA) is 155 Å². The number of phosphoric acid groups is 1. The molecule has 0 saturated carbocycles. The van der Waals surface area contributed by atoms with Gasteiger partial charge in [0, 0.05) is 12.8 Å². The Bertz CT molecular complexity index is 1920. The molecule has 0 rings (SSSR count). The highest BCUT2D eigenvalue weighted by Gasteiger charge is 2.28. The Balaban J connectivity index is 4.97. The zero-order valence-electron chi connectivity index (χ0n) is 46.6. The Morgan fingerprint density at radius 3 is 1.12 bits per heavy atom. The molecule has 11 nitrogen and oxygen atoms in total. The Labute approximate surface area is 459 Å². The van der Waals surface area contributed by atoms with Crippen molar-refractivity contribution >= 4 is 25.7 Å². The molecule has 0 aliphatic heterocycles. The summed E-state index contributed by atoms with van der Waals surface area (Å²) in [5.41, 5.74) is 0. The molecular formula is C64H97O11P. The van der Waals surface area contributed by atoms with Crippen LogP contribution in [0, 0.1) is 0 Å². The van der Waals surface area contributed by atoms with Crippen LogP contribution in [0.4, 0.5) is 0 Å². The lowest BCUT2D eigenvalue weighted by atomic mass is 10.1. The van der Waals surface area contributed by atoms with Crippen molar-refractivity contribution in [2.24, 2.45) is 0 Å². The lowest BCUT2D eigenvalue weighted by molar-refractivity contribution is -0.161. The summed E-state index contributed by atoms with van der Waals surface area (Å²) in [4.78, 5) is 48.4. The molecule has 0 radical (unpaired) electrons. The van der Waals surface area contributed by atoms with E-state index in [1.54, 1.807) is 6.08 Å². The monoisotopic (exact) mass is 1070 g/mol. The van der Waals surface area contributed by atoms with E-state index in [-0.39, 0.29) is 19.3 Å². The summed E-state index contributed by atoms with van der Waals surface area (Å²) in [5.74, 6) is -1.73. The van der Waals surface area contributed by atoms with Crippen LogP contribution in [-0.4, -0.2) is 66.5 Å². The number of hydrogen-bond acceptors (Lipinski definition) is 10. The van der Waals surface area contributed by atoms with Gasteiger partial charge in [0.05, 0.1) is 26.2 Å². The van der Waals surface area contributed by atoms with E-state index in [1.807, 2.05) is 30.4 Å². The van der Waals surface area contributed by atoms with Crippen molar-refractivity contribution in [2.75, 3.05) is 26.4 Å². The first-order valence-corrected chi connectivity index (χ1v) is 29.5. The van der Waals surface area contributed by atoms with Crippen LogP contribution in [0.3, 0.4) is 0 Å². The summed E-state index contributed by atoms with van der Waals surface area (Å²) in [6, 6.07) is 0. The first kappa shape index (κ1) is 70.8. The molecule has 3 atom stereocenters. The number of aliphatic hydroxyl groups excluding tert-OH is 1.